The molecule has 1 amide bonds. The van der Waals surface area contributed by atoms with E-state index < -0.39 is 0 Å². The molecule has 0 spiro atoms. The molecule has 4 aromatic rings. The molecule has 0 saturated carbocycles. The van der Waals surface area contributed by atoms with E-state index in [1.54, 1.807) is 32.4 Å². The largest absolute Gasteiger partial charge is 0.493 e. The van der Waals surface area contributed by atoms with Crippen LogP contribution in [0.5, 0.6) is 23.0 Å². The van der Waals surface area contributed by atoms with Gasteiger partial charge >= 0.3 is 0 Å². The SMILES string of the molecule is COc1ccc(Cc2nc3ccccc3n2CC(=O)Nc2ccc3c(c2)OCO3)cc1OC. The Morgan fingerprint density at radius 1 is 1.00 bits per heavy atom. The Morgan fingerprint density at radius 3 is 2.67 bits per heavy atom. The number of ether oxygens (including phenoxy) is 4. The van der Waals surface area contributed by atoms with E-state index >= 15 is 0 Å². The van der Waals surface area contributed by atoms with Gasteiger partial charge < -0.3 is 28.8 Å². The summed E-state index contributed by atoms with van der Waals surface area (Å²) >= 11 is 0. The van der Waals surface area contributed by atoms with Crippen LogP contribution in [0.15, 0.2) is 60.7 Å². The van der Waals surface area contributed by atoms with Gasteiger partial charge in [-0.1, -0.05) is 18.2 Å². The Morgan fingerprint density at radius 2 is 1.82 bits per heavy atom. The number of para-hydroxylation sites is 2. The average Bonchev–Trinajstić information content (AvgIpc) is 3.43. The number of nitrogens with one attached hydrogen (secondary N) is 1. The highest BCUT2D eigenvalue weighted by atomic mass is 16.7. The van der Waals surface area contributed by atoms with Crippen LogP contribution in [0.25, 0.3) is 11.0 Å². The molecule has 0 atom stereocenters. The number of nitrogens with zero attached hydrogens (tertiary/aromatic N) is 2. The highest BCUT2D eigenvalue weighted by Gasteiger charge is 2.17. The van der Waals surface area contributed by atoms with Crippen LogP contribution in [0.2, 0.25) is 0 Å². The van der Waals surface area contributed by atoms with Crippen molar-refractivity contribution in [2.45, 2.75) is 13.0 Å². The summed E-state index contributed by atoms with van der Waals surface area (Å²) in [6, 6.07) is 18.9. The molecule has 1 N–H and O–H groups in total. The molecule has 0 aliphatic carbocycles. The number of rotatable bonds is 7. The number of hydrogen-bond acceptors (Lipinski definition) is 6. The summed E-state index contributed by atoms with van der Waals surface area (Å²) in [5, 5.41) is 2.94. The first-order valence-corrected chi connectivity index (χ1v) is 10.5. The van der Waals surface area contributed by atoms with Crippen LogP contribution in [-0.4, -0.2) is 36.5 Å². The molecule has 3 aromatic carbocycles. The summed E-state index contributed by atoms with van der Waals surface area (Å²) in [4.78, 5) is 17.7. The Labute approximate surface area is 190 Å². The fourth-order valence-corrected chi connectivity index (χ4v) is 3.93. The van der Waals surface area contributed by atoms with Crippen molar-refractivity contribution < 1.29 is 23.7 Å². The number of aromatic nitrogens is 2. The summed E-state index contributed by atoms with van der Waals surface area (Å²) in [5.41, 5.74) is 3.38. The predicted octanol–water partition coefficient (Wildman–Crippen LogP) is 4.01. The van der Waals surface area contributed by atoms with Gasteiger partial charge in [-0.15, -0.1) is 0 Å². The van der Waals surface area contributed by atoms with Gasteiger partial charge in [0.1, 0.15) is 12.4 Å². The van der Waals surface area contributed by atoms with Gasteiger partial charge in [0, 0.05) is 18.2 Å². The molecule has 1 aromatic heterocycles. The maximum absolute atomic E-state index is 12.9. The summed E-state index contributed by atoms with van der Waals surface area (Å²) < 4.78 is 23.4. The molecule has 2 heterocycles. The van der Waals surface area contributed by atoms with Crippen molar-refractivity contribution in [2.24, 2.45) is 0 Å². The Balaban J connectivity index is 1.41. The molecule has 33 heavy (non-hydrogen) atoms. The maximum Gasteiger partial charge on any atom is 0.244 e. The molecule has 0 saturated heterocycles. The molecule has 1 aliphatic rings. The lowest BCUT2D eigenvalue weighted by Gasteiger charge is -2.12. The van der Waals surface area contributed by atoms with Gasteiger partial charge in [-0.2, -0.15) is 0 Å². The number of carbonyl (C=O) groups excluding carboxylic acids is 1. The summed E-state index contributed by atoms with van der Waals surface area (Å²) in [6.45, 7) is 0.310. The highest BCUT2D eigenvalue weighted by molar-refractivity contribution is 5.92. The molecule has 0 radical (unpaired) electrons. The van der Waals surface area contributed by atoms with E-state index in [9.17, 15) is 4.79 Å². The lowest BCUT2D eigenvalue weighted by atomic mass is 10.1. The first kappa shape index (κ1) is 20.7. The fraction of sp³-hybridized carbons (Fsp3) is 0.200. The molecule has 0 bridgehead atoms. The van der Waals surface area contributed by atoms with E-state index in [0.717, 1.165) is 22.4 Å². The number of benzene rings is 3. The lowest BCUT2D eigenvalue weighted by Crippen LogP contribution is -2.20. The number of hydrogen-bond donors (Lipinski definition) is 1. The number of fused-ring (bicyclic) bond motifs is 2. The number of carbonyl (C=O) groups is 1. The average molecular weight is 445 g/mol. The summed E-state index contributed by atoms with van der Waals surface area (Å²) in [6.07, 6.45) is 0.534. The first-order valence-electron chi connectivity index (χ1n) is 10.5. The van der Waals surface area contributed by atoms with E-state index in [0.29, 0.717) is 35.1 Å². The van der Waals surface area contributed by atoms with E-state index in [-0.39, 0.29) is 19.2 Å². The van der Waals surface area contributed by atoms with Crippen LogP contribution in [-0.2, 0) is 17.8 Å². The van der Waals surface area contributed by atoms with Crippen LogP contribution in [0.3, 0.4) is 0 Å². The Bertz CT molecular complexity index is 1330. The monoisotopic (exact) mass is 445 g/mol. The molecule has 0 fully saturated rings. The third kappa shape index (κ3) is 4.15. The van der Waals surface area contributed by atoms with E-state index in [1.165, 1.54) is 0 Å². The van der Waals surface area contributed by atoms with Crippen LogP contribution in [0.4, 0.5) is 5.69 Å². The Hall–Kier alpha value is -4.20. The van der Waals surface area contributed by atoms with Gasteiger partial charge in [0.25, 0.3) is 0 Å². The van der Waals surface area contributed by atoms with Gasteiger partial charge in [0.2, 0.25) is 12.7 Å². The molecule has 1 aliphatic heterocycles. The summed E-state index contributed by atoms with van der Waals surface area (Å²) in [5.74, 6) is 3.23. The molecular weight excluding hydrogens is 422 g/mol. The second kappa shape index (κ2) is 8.74. The smallest absolute Gasteiger partial charge is 0.244 e. The zero-order valence-electron chi connectivity index (χ0n) is 18.3. The van der Waals surface area contributed by atoms with Crippen molar-refractivity contribution in [3.8, 4) is 23.0 Å². The molecule has 8 nitrogen and oxygen atoms in total. The van der Waals surface area contributed by atoms with Gasteiger partial charge in [-0.3, -0.25) is 4.79 Å². The Kier molecular flexibility index (Phi) is 5.48. The number of methoxy groups -OCH3 is 2. The fourth-order valence-electron chi connectivity index (χ4n) is 3.93. The van der Waals surface area contributed by atoms with Crippen LogP contribution < -0.4 is 24.3 Å². The highest BCUT2D eigenvalue weighted by Crippen LogP contribution is 2.34. The number of imidazole rings is 1. The van der Waals surface area contributed by atoms with Crippen LogP contribution in [0.1, 0.15) is 11.4 Å². The van der Waals surface area contributed by atoms with Crippen molar-refractivity contribution in [3.05, 3.63) is 72.1 Å². The van der Waals surface area contributed by atoms with Gasteiger partial charge in [-0.05, 0) is 42.0 Å². The van der Waals surface area contributed by atoms with Crippen molar-refractivity contribution in [1.29, 1.82) is 0 Å². The molecule has 8 heteroatoms. The second-order valence-corrected chi connectivity index (χ2v) is 7.59. The van der Waals surface area contributed by atoms with E-state index in [1.807, 2.05) is 47.0 Å². The molecular formula is C25H23N3O5. The number of anilines is 1. The zero-order chi connectivity index (χ0) is 22.8. The minimum absolute atomic E-state index is 0.123. The molecule has 5 rings (SSSR count). The topological polar surface area (TPSA) is 83.8 Å². The normalized spacial score (nSPS) is 12.1. The van der Waals surface area contributed by atoms with Gasteiger partial charge in [0.15, 0.2) is 23.0 Å². The van der Waals surface area contributed by atoms with Crippen molar-refractivity contribution in [1.82, 2.24) is 9.55 Å². The summed E-state index contributed by atoms with van der Waals surface area (Å²) in [7, 11) is 3.22. The van der Waals surface area contributed by atoms with Crippen LogP contribution >= 0.6 is 0 Å². The second-order valence-electron chi connectivity index (χ2n) is 7.59. The maximum atomic E-state index is 12.9. The van der Waals surface area contributed by atoms with E-state index in [4.69, 9.17) is 23.9 Å². The third-order valence-electron chi connectivity index (χ3n) is 5.50. The van der Waals surface area contributed by atoms with E-state index in [2.05, 4.69) is 5.32 Å². The standard InChI is InChI=1S/C25H23N3O5/c1-30-20-9-7-16(11-22(20)31-2)12-24-27-18-5-3-4-6-19(18)28(24)14-25(29)26-17-8-10-21-23(13-17)33-15-32-21/h3-11,13H,12,14-15H2,1-2H3,(H,26,29). The van der Waals surface area contributed by atoms with Gasteiger partial charge in [-0.25, -0.2) is 4.98 Å². The minimum atomic E-state index is -0.162. The van der Waals surface area contributed by atoms with Crippen LogP contribution in [0, 0.1) is 0 Å². The molecule has 0 unspecified atom stereocenters. The molecule has 168 valence electrons. The van der Waals surface area contributed by atoms with Crippen molar-refractivity contribution in [2.75, 3.05) is 26.3 Å². The lowest BCUT2D eigenvalue weighted by molar-refractivity contribution is -0.116. The minimum Gasteiger partial charge on any atom is -0.493 e. The number of amides is 1. The predicted molar refractivity (Wildman–Crippen MR) is 123 cm³/mol. The third-order valence-corrected chi connectivity index (χ3v) is 5.50. The quantitative estimate of drug-likeness (QED) is 0.463. The van der Waals surface area contributed by atoms with Crippen molar-refractivity contribution >= 4 is 22.6 Å². The zero-order valence-corrected chi connectivity index (χ0v) is 18.3. The first-order chi connectivity index (χ1) is 16.1. The van der Waals surface area contributed by atoms with Crippen molar-refractivity contribution in [3.63, 3.8) is 0 Å². The van der Waals surface area contributed by atoms with Gasteiger partial charge in [0.05, 0.1) is 25.3 Å².